The highest BCUT2D eigenvalue weighted by molar-refractivity contribution is 6.33. The molecule has 3 nitrogen and oxygen atoms in total. The van der Waals surface area contributed by atoms with Crippen LogP contribution in [0.15, 0.2) is 36.8 Å². The van der Waals surface area contributed by atoms with E-state index in [-0.39, 0.29) is 16.9 Å². The second-order valence-electron chi connectivity index (χ2n) is 4.20. The zero-order valence-corrected chi connectivity index (χ0v) is 11.2. The Bertz CT molecular complexity index is 587. The van der Waals surface area contributed by atoms with Gasteiger partial charge in [0, 0.05) is 18.6 Å². The summed E-state index contributed by atoms with van der Waals surface area (Å²) in [7, 11) is 0. The molecule has 0 saturated carbocycles. The predicted molar refractivity (Wildman–Crippen MR) is 70.5 cm³/mol. The first-order valence-electron chi connectivity index (χ1n) is 5.77. The summed E-state index contributed by atoms with van der Waals surface area (Å²) >= 11 is 5.83. The molecule has 0 aromatic carbocycles. The van der Waals surface area contributed by atoms with Gasteiger partial charge in [-0.25, -0.2) is 4.98 Å². The number of nitrogens with zero attached hydrogens (tertiary/aromatic N) is 2. The average molecular weight is 302 g/mol. The number of rotatable bonds is 3. The number of hydrogen-bond acceptors (Lipinski definition) is 3. The largest absolute Gasteiger partial charge is 0.417 e. The fraction of sp³-hybridized carbons (Fsp3) is 0.231. The molecule has 1 N–H and O–H groups in total. The highest BCUT2D eigenvalue weighted by Gasteiger charge is 2.31. The molecule has 106 valence electrons. The van der Waals surface area contributed by atoms with E-state index < -0.39 is 11.7 Å². The van der Waals surface area contributed by atoms with Crippen molar-refractivity contribution in [3.05, 3.63) is 52.9 Å². The van der Waals surface area contributed by atoms with Gasteiger partial charge in [0.15, 0.2) is 0 Å². The van der Waals surface area contributed by atoms with E-state index in [0.29, 0.717) is 0 Å². The Hall–Kier alpha value is -1.82. The van der Waals surface area contributed by atoms with E-state index in [9.17, 15) is 13.2 Å². The lowest BCUT2D eigenvalue weighted by molar-refractivity contribution is -0.137. The van der Waals surface area contributed by atoms with Crippen LogP contribution in [0.4, 0.5) is 19.0 Å². The van der Waals surface area contributed by atoms with Crippen LogP contribution in [-0.4, -0.2) is 9.97 Å². The summed E-state index contributed by atoms with van der Waals surface area (Å²) in [6.45, 7) is 1.84. The van der Waals surface area contributed by atoms with Crippen molar-refractivity contribution < 1.29 is 13.2 Å². The molecule has 2 heterocycles. The minimum absolute atomic E-state index is 0.0736. The fourth-order valence-corrected chi connectivity index (χ4v) is 1.84. The van der Waals surface area contributed by atoms with Crippen molar-refractivity contribution in [3.8, 4) is 0 Å². The van der Waals surface area contributed by atoms with Crippen molar-refractivity contribution >= 4 is 17.4 Å². The van der Waals surface area contributed by atoms with Gasteiger partial charge in [0.2, 0.25) is 0 Å². The lowest BCUT2D eigenvalue weighted by Crippen LogP contribution is -2.11. The van der Waals surface area contributed by atoms with Crippen LogP contribution in [0, 0.1) is 0 Å². The van der Waals surface area contributed by atoms with Crippen molar-refractivity contribution in [2.75, 3.05) is 5.32 Å². The SMILES string of the molecule is CC(Nc1ncc(C(F)(F)F)cc1Cl)c1cccnc1. The number of pyridine rings is 2. The highest BCUT2D eigenvalue weighted by atomic mass is 35.5. The molecule has 2 aromatic heterocycles. The van der Waals surface area contributed by atoms with E-state index in [2.05, 4.69) is 15.3 Å². The van der Waals surface area contributed by atoms with E-state index in [1.54, 1.807) is 18.5 Å². The van der Waals surface area contributed by atoms with Gasteiger partial charge in [-0.15, -0.1) is 0 Å². The molecule has 0 aliphatic heterocycles. The van der Waals surface area contributed by atoms with Crippen LogP contribution < -0.4 is 5.32 Å². The quantitative estimate of drug-likeness (QED) is 0.917. The Kier molecular flexibility index (Phi) is 4.13. The molecular formula is C13H11ClF3N3. The summed E-state index contributed by atoms with van der Waals surface area (Å²) in [6.07, 6.45) is -0.399. The van der Waals surface area contributed by atoms with E-state index in [0.717, 1.165) is 17.8 Å². The zero-order chi connectivity index (χ0) is 14.8. The van der Waals surface area contributed by atoms with Crippen molar-refractivity contribution in [2.45, 2.75) is 19.1 Å². The van der Waals surface area contributed by atoms with Gasteiger partial charge >= 0.3 is 6.18 Å². The van der Waals surface area contributed by atoms with E-state index in [4.69, 9.17) is 11.6 Å². The van der Waals surface area contributed by atoms with E-state index in [1.165, 1.54) is 0 Å². The Morgan fingerprint density at radius 3 is 2.60 bits per heavy atom. The molecule has 1 atom stereocenters. The normalized spacial score (nSPS) is 13.1. The number of alkyl halides is 3. The number of aromatic nitrogens is 2. The molecule has 2 rings (SSSR count). The minimum atomic E-state index is -4.45. The van der Waals surface area contributed by atoms with Crippen molar-refractivity contribution in [1.29, 1.82) is 0 Å². The molecule has 1 unspecified atom stereocenters. The summed E-state index contributed by atoms with van der Waals surface area (Å²) in [5.74, 6) is 0.205. The third kappa shape index (κ3) is 3.39. The first-order chi connectivity index (χ1) is 9.38. The summed E-state index contributed by atoms with van der Waals surface area (Å²) in [5.41, 5.74) is 0.00680. The lowest BCUT2D eigenvalue weighted by atomic mass is 10.1. The van der Waals surface area contributed by atoms with Crippen LogP contribution >= 0.6 is 11.6 Å². The molecule has 0 spiro atoms. The maximum atomic E-state index is 12.5. The molecule has 0 aliphatic rings. The topological polar surface area (TPSA) is 37.8 Å². The van der Waals surface area contributed by atoms with Gasteiger partial charge < -0.3 is 5.32 Å². The molecule has 7 heteroatoms. The third-order valence-corrected chi connectivity index (χ3v) is 2.99. The van der Waals surface area contributed by atoms with Crippen LogP contribution in [0.1, 0.15) is 24.1 Å². The Balaban J connectivity index is 2.18. The van der Waals surface area contributed by atoms with Crippen LogP contribution in [0.2, 0.25) is 5.02 Å². The number of anilines is 1. The minimum Gasteiger partial charge on any atom is -0.362 e. The van der Waals surface area contributed by atoms with Crippen LogP contribution in [-0.2, 0) is 6.18 Å². The van der Waals surface area contributed by atoms with Gasteiger partial charge in [0.25, 0.3) is 0 Å². The van der Waals surface area contributed by atoms with Gasteiger partial charge in [-0.3, -0.25) is 4.98 Å². The second kappa shape index (κ2) is 5.66. The molecule has 0 saturated heterocycles. The van der Waals surface area contributed by atoms with Gasteiger partial charge in [-0.2, -0.15) is 13.2 Å². The first-order valence-corrected chi connectivity index (χ1v) is 6.15. The molecule has 0 fully saturated rings. The van der Waals surface area contributed by atoms with Crippen molar-refractivity contribution in [2.24, 2.45) is 0 Å². The molecule has 0 radical (unpaired) electrons. The molecule has 0 aliphatic carbocycles. The van der Waals surface area contributed by atoms with E-state index in [1.807, 2.05) is 13.0 Å². The van der Waals surface area contributed by atoms with Gasteiger partial charge in [0.1, 0.15) is 5.82 Å². The van der Waals surface area contributed by atoms with Crippen LogP contribution in [0.3, 0.4) is 0 Å². The monoisotopic (exact) mass is 301 g/mol. The van der Waals surface area contributed by atoms with E-state index >= 15 is 0 Å². The first kappa shape index (κ1) is 14.6. The lowest BCUT2D eigenvalue weighted by Gasteiger charge is -2.16. The summed E-state index contributed by atoms with van der Waals surface area (Å²) in [4.78, 5) is 7.70. The number of nitrogens with one attached hydrogen (secondary N) is 1. The summed E-state index contributed by atoms with van der Waals surface area (Å²) in [6, 6.07) is 4.30. The molecule has 2 aromatic rings. The van der Waals surface area contributed by atoms with Crippen molar-refractivity contribution in [3.63, 3.8) is 0 Å². The standard InChI is InChI=1S/C13H11ClF3N3/c1-8(9-3-2-4-18-6-9)20-12-11(14)5-10(7-19-12)13(15,16)17/h2-8H,1H3,(H,19,20). The Morgan fingerprint density at radius 1 is 1.30 bits per heavy atom. The second-order valence-corrected chi connectivity index (χ2v) is 4.61. The Morgan fingerprint density at radius 2 is 2.05 bits per heavy atom. The predicted octanol–water partition coefficient (Wildman–Crippen LogP) is 4.32. The maximum absolute atomic E-state index is 12.5. The Labute approximate surface area is 118 Å². The van der Waals surface area contributed by atoms with Crippen molar-refractivity contribution in [1.82, 2.24) is 9.97 Å². The maximum Gasteiger partial charge on any atom is 0.417 e. The molecule has 0 amide bonds. The molecular weight excluding hydrogens is 291 g/mol. The number of hydrogen-bond donors (Lipinski definition) is 1. The van der Waals surface area contributed by atoms with Crippen LogP contribution in [0.25, 0.3) is 0 Å². The summed E-state index contributed by atoms with van der Waals surface area (Å²) in [5, 5.41) is 2.88. The van der Waals surface area contributed by atoms with Gasteiger partial charge in [-0.1, -0.05) is 17.7 Å². The average Bonchev–Trinajstić information content (AvgIpc) is 2.41. The summed E-state index contributed by atoms with van der Waals surface area (Å²) < 4.78 is 37.5. The highest BCUT2D eigenvalue weighted by Crippen LogP contribution is 2.33. The third-order valence-electron chi connectivity index (χ3n) is 2.71. The fourth-order valence-electron chi connectivity index (χ4n) is 1.62. The van der Waals surface area contributed by atoms with Gasteiger partial charge in [-0.05, 0) is 24.6 Å². The smallest absolute Gasteiger partial charge is 0.362 e. The number of halogens is 4. The van der Waals surface area contributed by atoms with Crippen LogP contribution in [0.5, 0.6) is 0 Å². The van der Waals surface area contributed by atoms with Gasteiger partial charge in [0.05, 0.1) is 16.6 Å². The zero-order valence-electron chi connectivity index (χ0n) is 10.4. The molecule has 0 bridgehead atoms. The molecule has 20 heavy (non-hydrogen) atoms.